The van der Waals surface area contributed by atoms with Crippen molar-refractivity contribution in [3.05, 3.63) is 39.5 Å². The molecule has 1 heterocycles. The fourth-order valence-electron chi connectivity index (χ4n) is 2.35. The maximum absolute atomic E-state index is 12.4. The van der Waals surface area contributed by atoms with E-state index in [1.165, 1.54) is 0 Å². The molecule has 1 atom stereocenters. The van der Waals surface area contributed by atoms with Crippen LogP contribution in [0.2, 0.25) is 0 Å². The Morgan fingerprint density at radius 3 is 2.74 bits per heavy atom. The molecule has 0 bridgehead atoms. The van der Waals surface area contributed by atoms with Gasteiger partial charge in [0, 0.05) is 5.70 Å². The molecule has 7 heteroatoms. The number of nitrogens with one attached hydrogen (secondary N) is 2. The number of benzene rings is 1. The molecule has 23 heavy (non-hydrogen) atoms. The molecule has 2 rings (SSSR count). The molecule has 2 N–H and O–H groups in total. The van der Waals surface area contributed by atoms with Gasteiger partial charge < -0.3 is 20.1 Å². The predicted molar refractivity (Wildman–Crippen MR) is 89.1 cm³/mol. The van der Waals surface area contributed by atoms with E-state index >= 15 is 0 Å². The Morgan fingerprint density at radius 2 is 2.13 bits per heavy atom. The summed E-state index contributed by atoms with van der Waals surface area (Å²) in [5.74, 6) is 0.235. The van der Waals surface area contributed by atoms with E-state index in [4.69, 9.17) is 9.47 Å². The average Bonchev–Trinajstić information content (AvgIpc) is 2.51. The van der Waals surface area contributed by atoms with Gasteiger partial charge in [0.25, 0.3) is 0 Å². The van der Waals surface area contributed by atoms with Gasteiger partial charge in [-0.25, -0.2) is 9.59 Å². The molecule has 0 saturated carbocycles. The van der Waals surface area contributed by atoms with Crippen LogP contribution in [0.3, 0.4) is 0 Å². The van der Waals surface area contributed by atoms with E-state index < -0.39 is 12.0 Å². The Kier molecular flexibility index (Phi) is 5.65. The highest BCUT2D eigenvalue weighted by atomic mass is 79.9. The second kappa shape index (κ2) is 7.50. The van der Waals surface area contributed by atoms with E-state index in [-0.39, 0.29) is 6.03 Å². The number of hydrogen-bond donors (Lipinski definition) is 2. The second-order valence-corrected chi connectivity index (χ2v) is 5.95. The van der Waals surface area contributed by atoms with Gasteiger partial charge in [0.2, 0.25) is 0 Å². The normalized spacial score (nSPS) is 17.4. The summed E-state index contributed by atoms with van der Waals surface area (Å²) in [5.41, 5.74) is 1.65. The lowest BCUT2D eigenvalue weighted by Gasteiger charge is -2.28. The zero-order valence-corrected chi connectivity index (χ0v) is 14.8. The number of rotatable bonds is 5. The summed E-state index contributed by atoms with van der Waals surface area (Å²) >= 11 is 3.42. The van der Waals surface area contributed by atoms with E-state index in [0.29, 0.717) is 23.6 Å². The van der Waals surface area contributed by atoms with Gasteiger partial charge in [-0.1, -0.05) is 13.0 Å². The number of carbonyl (C=O) groups excluding carboxylic acids is 2. The van der Waals surface area contributed by atoms with Crippen LogP contribution in [0.15, 0.2) is 33.9 Å². The molecule has 0 radical (unpaired) electrons. The highest BCUT2D eigenvalue weighted by molar-refractivity contribution is 9.10. The molecule has 1 aromatic carbocycles. The number of ether oxygens (including phenoxy) is 2. The first-order valence-corrected chi connectivity index (χ1v) is 8.06. The Balaban J connectivity index is 2.40. The quantitative estimate of drug-likeness (QED) is 0.767. The zero-order chi connectivity index (χ0) is 17.0. The lowest BCUT2D eigenvalue weighted by Crippen LogP contribution is -2.45. The molecule has 0 aromatic heterocycles. The Bertz CT molecular complexity index is 657. The first kappa shape index (κ1) is 17.3. The van der Waals surface area contributed by atoms with Crippen LogP contribution >= 0.6 is 15.9 Å². The van der Waals surface area contributed by atoms with E-state index in [1.54, 1.807) is 26.2 Å². The number of halogens is 1. The molecule has 0 aliphatic carbocycles. The Hall–Kier alpha value is -2.02. The molecular formula is C16H19BrN2O4. The largest absolute Gasteiger partial charge is 0.496 e. The number of carbonyl (C=O) groups is 2. The standard InChI is InChI=1S/C16H19BrN2O4/c1-4-7-23-15(20)13-9(2)18-16(21)19-14(13)10-5-6-12(22-3)11(17)8-10/h5-6,8,14H,4,7H2,1-3H3,(H2,18,19,21)/t14-/m1/s1. The van der Waals surface area contributed by atoms with Crippen LogP contribution in [0.1, 0.15) is 31.9 Å². The van der Waals surface area contributed by atoms with Gasteiger partial charge in [0.15, 0.2) is 0 Å². The van der Waals surface area contributed by atoms with Crippen molar-refractivity contribution in [3.8, 4) is 5.75 Å². The Morgan fingerprint density at radius 1 is 1.39 bits per heavy atom. The van der Waals surface area contributed by atoms with E-state index in [1.807, 2.05) is 13.0 Å². The van der Waals surface area contributed by atoms with Crippen LogP contribution in [0.4, 0.5) is 4.79 Å². The van der Waals surface area contributed by atoms with Crippen molar-refractivity contribution >= 4 is 27.9 Å². The molecule has 6 nitrogen and oxygen atoms in total. The molecule has 1 aromatic rings. The van der Waals surface area contributed by atoms with Crippen LogP contribution in [0.5, 0.6) is 5.75 Å². The maximum atomic E-state index is 12.4. The van der Waals surface area contributed by atoms with E-state index in [2.05, 4.69) is 26.6 Å². The average molecular weight is 383 g/mol. The van der Waals surface area contributed by atoms with Crippen molar-refractivity contribution in [2.45, 2.75) is 26.3 Å². The predicted octanol–water partition coefficient (Wildman–Crippen LogP) is 3.04. The number of hydrogen-bond acceptors (Lipinski definition) is 4. The van der Waals surface area contributed by atoms with Crippen LogP contribution in [-0.2, 0) is 9.53 Å². The van der Waals surface area contributed by atoms with Crippen molar-refractivity contribution in [2.24, 2.45) is 0 Å². The van der Waals surface area contributed by atoms with Crippen LogP contribution in [-0.4, -0.2) is 25.7 Å². The summed E-state index contributed by atoms with van der Waals surface area (Å²) in [5, 5.41) is 5.38. The second-order valence-electron chi connectivity index (χ2n) is 5.10. The molecule has 0 unspecified atom stereocenters. The summed E-state index contributed by atoms with van der Waals surface area (Å²) in [6.07, 6.45) is 0.733. The van der Waals surface area contributed by atoms with Gasteiger partial charge in [-0.05, 0) is 47.0 Å². The smallest absolute Gasteiger partial charge is 0.338 e. The van der Waals surface area contributed by atoms with Gasteiger partial charge in [-0.3, -0.25) is 0 Å². The third-order valence-electron chi connectivity index (χ3n) is 3.44. The molecule has 1 aliphatic rings. The molecule has 0 fully saturated rings. The molecule has 0 spiro atoms. The monoisotopic (exact) mass is 382 g/mol. The first-order chi connectivity index (χ1) is 11.0. The van der Waals surface area contributed by atoms with Crippen molar-refractivity contribution in [3.63, 3.8) is 0 Å². The number of urea groups is 1. The highest BCUT2D eigenvalue weighted by Crippen LogP contribution is 2.33. The van der Waals surface area contributed by atoms with Gasteiger partial charge in [0.05, 0.1) is 29.8 Å². The topological polar surface area (TPSA) is 76.7 Å². The van der Waals surface area contributed by atoms with Gasteiger partial charge in [0.1, 0.15) is 5.75 Å². The lowest BCUT2D eigenvalue weighted by atomic mass is 9.95. The SMILES string of the molecule is CCCOC(=O)C1=C(C)NC(=O)N[C@@H]1c1ccc(OC)c(Br)c1. The molecular weight excluding hydrogens is 364 g/mol. The van der Waals surface area contributed by atoms with Crippen molar-refractivity contribution in [1.82, 2.24) is 10.6 Å². The summed E-state index contributed by atoms with van der Waals surface area (Å²) in [6, 6.07) is 4.47. The molecule has 124 valence electrons. The number of methoxy groups -OCH3 is 1. The van der Waals surface area contributed by atoms with Gasteiger partial charge in [-0.2, -0.15) is 0 Å². The fourth-order valence-corrected chi connectivity index (χ4v) is 2.91. The fraction of sp³-hybridized carbons (Fsp3) is 0.375. The van der Waals surface area contributed by atoms with Crippen molar-refractivity contribution < 1.29 is 19.1 Å². The molecule has 1 aliphatic heterocycles. The maximum Gasteiger partial charge on any atom is 0.338 e. The summed E-state index contributed by atoms with van der Waals surface area (Å²) in [7, 11) is 1.57. The van der Waals surface area contributed by atoms with Crippen molar-refractivity contribution in [1.29, 1.82) is 0 Å². The number of esters is 1. The van der Waals surface area contributed by atoms with Crippen molar-refractivity contribution in [2.75, 3.05) is 13.7 Å². The minimum Gasteiger partial charge on any atom is -0.496 e. The van der Waals surface area contributed by atoms with Crippen LogP contribution in [0, 0.1) is 0 Å². The summed E-state index contributed by atoms with van der Waals surface area (Å²) < 4.78 is 11.2. The summed E-state index contributed by atoms with van der Waals surface area (Å²) in [6.45, 7) is 3.95. The minimum absolute atomic E-state index is 0.336. The Labute approximate surface area is 143 Å². The zero-order valence-electron chi connectivity index (χ0n) is 13.2. The number of amides is 2. The van der Waals surface area contributed by atoms with E-state index in [9.17, 15) is 9.59 Å². The third kappa shape index (κ3) is 3.85. The van der Waals surface area contributed by atoms with Crippen LogP contribution in [0.25, 0.3) is 0 Å². The molecule has 2 amide bonds. The van der Waals surface area contributed by atoms with Gasteiger partial charge >= 0.3 is 12.0 Å². The number of allylic oxidation sites excluding steroid dienone is 1. The highest BCUT2D eigenvalue weighted by Gasteiger charge is 2.32. The third-order valence-corrected chi connectivity index (χ3v) is 4.06. The lowest BCUT2D eigenvalue weighted by molar-refractivity contribution is -0.139. The summed E-state index contributed by atoms with van der Waals surface area (Å²) in [4.78, 5) is 24.2. The van der Waals surface area contributed by atoms with E-state index in [0.717, 1.165) is 16.5 Å². The van der Waals surface area contributed by atoms with Gasteiger partial charge in [-0.15, -0.1) is 0 Å². The first-order valence-electron chi connectivity index (χ1n) is 7.26. The van der Waals surface area contributed by atoms with Crippen LogP contribution < -0.4 is 15.4 Å². The molecule has 0 saturated heterocycles. The minimum atomic E-state index is -0.574.